The average Bonchev–Trinajstić information content (AvgIpc) is 3.18. The number of nitrogens with zero attached hydrogens (tertiary/aromatic N) is 1. The van der Waals surface area contributed by atoms with Crippen LogP contribution in [0.5, 0.6) is 0 Å². The minimum atomic E-state index is -2.42. The summed E-state index contributed by atoms with van der Waals surface area (Å²) in [5.41, 5.74) is 1.73. The van der Waals surface area contributed by atoms with Crippen molar-refractivity contribution in [2.24, 2.45) is 35.5 Å². The number of rotatable bonds is 6. The van der Waals surface area contributed by atoms with Crippen LogP contribution in [-0.4, -0.2) is 113 Å². The molecule has 318 valence electrons. The van der Waals surface area contributed by atoms with Gasteiger partial charge >= 0.3 is 5.97 Å². The molecule has 1 unspecified atom stereocenters. The highest BCUT2D eigenvalue weighted by Gasteiger charge is 2.56. The first kappa shape index (κ1) is 46.2. The zero-order valence-electron chi connectivity index (χ0n) is 35.4. The van der Waals surface area contributed by atoms with Crippen LogP contribution in [0, 0.1) is 35.5 Å². The molecule has 3 aliphatic heterocycles. The van der Waals surface area contributed by atoms with E-state index in [1.165, 1.54) is 4.90 Å². The van der Waals surface area contributed by atoms with E-state index in [-0.39, 0.29) is 49.0 Å². The second-order valence-corrected chi connectivity index (χ2v) is 17.5. The molecule has 4 rings (SSSR count). The number of aliphatic hydroxyl groups is 3. The molecular weight excluding hydrogens is 718 g/mol. The average molecular weight is 790 g/mol. The molecule has 12 nitrogen and oxygen atoms in total. The van der Waals surface area contributed by atoms with E-state index in [9.17, 15) is 34.5 Å². The van der Waals surface area contributed by atoms with Gasteiger partial charge in [0.25, 0.3) is 11.7 Å². The summed E-state index contributed by atoms with van der Waals surface area (Å²) in [6.45, 7) is 13.5. The largest absolute Gasteiger partial charge is 0.456 e. The molecule has 56 heavy (non-hydrogen) atoms. The fourth-order valence-electron chi connectivity index (χ4n) is 9.76. The maximum atomic E-state index is 14.3. The number of carbonyl (C=O) groups is 4. The Kier molecular flexibility index (Phi) is 16.9. The molecule has 3 N–H and O–H groups in total. The van der Waals surface area contributed by atoms with E-state index in [2.05, 4.69) is 6.92 Å². The summed E-state index contributed by atoms with van der Waals surface area (Å²) in [5, 5.41) is 34.1. The van der Waals surface area contributed by atoms with Crippen LogP contribution in [-0.2, 0) is 38.1 Å². The topological polar surface area (TPSA) is 169 Å². The van der Waals surface area contributed by atoms with Crippen molar-refractivity contribution in [2.45, 2.75) is 174 Å². The van der Waals surface area contributed by atoms with Gasteiger partial charge in [0, 0.05) is 44.9 Å². The van der Waals surface area contributed by atoms with Crippen molar-refractivity contribution >= 4 is 23.4 Å². The first-order valence-electron chi connectivity index (χ1n) is 21.2. The Hall–Kier alpha value is -2.48. The number of carbonyl (C=O) groups excluding carboxylic acids is 4. The third-order valence-electron chi connectivity index (χ3n) is 13.3. The molecule has 3 fully saturated rings. The molecular formula is C44H71NO11. The Balaban J connectivity index is 1.76. The number of amides is 1. The standard InChI is InChI=1S/C44H71NO11/c1-10-31-19-25(3)18-26(4)20-32(11-2)40-38(54-9)22-28(6)44(52,56-40)41(49)42(50)45-17-13-12-14-33(45)43(51)55-39(29(7)35(47)24-36(31)48)27(5)21-30-15-16-34(46)37(23-30)53-8/h19,21,26,28-35,37-40,46-47,52H,10-18,20,22-24H2,1-9H3/b25-19+,27-21+/t26-,28+,29+,30-,31+,32-,33?,34+,35-,37+,38-,39+,40+,44+/m0/s1. The van der Waals surface area contributed by atoms with Crippen LogP contribution in [0.25, 0.3) is 0 Å². The van der Waals surface area contributed by atoms with Gasteiger partial charge in [0.1, 0.15) is 17.9 Å². The molecule has 4 aliphatic rings. The van der Waals surface area contributed by atoms with Crippen molar-refractivity contribution < 1.29 is 53.4 Å². The van der Waals surface area contributed by atoms with Crippen LogP contribution in [0.3, 0.4) is 0 Å². The lowest BCUT2D eigenvalue weighted by atomic mass is 9.78. The predicted molar refractivity (Wildman–Crippen MR) is 211 cm³/mol. The number of allylic oxidation sites excluding steroid dienone is 3. The van der Waals surface area contributed by atoms with Gasteiger partial charge in [-0.3, -0.25) is 14.4 Å². The molecule has 3 heterocycles. The zero-order chi connectivity index (χ0) is 41.5. The maximum Gasteiger partial charge on any atom is 0.329 e. The van der Waals surface area contributed by atoms with Gasteiger partial charge in [0.15, 0.2) is 0 Å². The monoisotopic (exact) mass is 790 g/mol. The molecule has 1 saturated carbocycles. The van der Waals surface area contributed by atoms with Crippen LogP contribution in [0.4, 0.5) is 0 Å². The smallest absolute Gasteiger partial charge is 0.329 e. The number of piperidine rings is 1. The van der Waals surface area contributed by atoms with E-state index in [0.717, 1.165) is 5.57 Å². The molecule has 12 heteroatoms. The molecule has 1 aliphatic carbocycles. The number of fused-ring (bicyclic) bond motifs is 3. The van der Waals surface area contributed by atoms with E-state index in [0.29, 0.717) is 69.8 Å². The molecule has 14 atom stereocenters. The lowest BCUT2D eigenvalue weighted by Crippen LogP contribution is -2.63. The van der Waals surface area contributed by atoms with Crippen molar-refractivity contribution in [3.8, 4) is 0 Å². The number of aliphatic hydroxyl groups excluding tert-OH is 2. The second kappa shape index (κ2) is 20.5. The van der Waals surface area contributed by atoms with Gasteiger partial charge in [0.05, 0.1) is 30.5 Å². The van der Waals surface area contributed by atoms with Gasteiger partial charge in [-0.15, -0.1) is 0 Å². The molecule has 0 spiro atoms. The Morgan fingerprint density at radius 3 is 2.27 bits per heavy atom. The number of cyclic esters (lactones) is 1. The van der Waals surface area contributed by atoms with Crippen molar-refractivity contribution in [3.05, 3.63) is 23.3 Å². The summed E-state index contributed by atoms with van der Waals surface area (Å²) in [5.74, 6) is -7.15. The van der Waals surface area contributed by atoms with Crippen molar-refractivity contribution in [2.75, 3.05) is 20.8 Å². The number of methoxy groups -OCH3 is 2. The van der Waals surface area contributed by atoms with Crippen LogP contribution >= 0.6 is 0 Å². The highest BCUT2D eigenvalue weighted by atomic mass is 16.7. The van der Waals surface area contributed by atoms with Crippen LogP contribution in [0.15, 0.2) is 23.3 Å². The summed E-state index contributed by atoms with van der Waals surface area (Å²) >= 11 is 0. The fourth-order valence-corrected chi connectivity index (χ4v) is 9.76. The number of esters is 1. The molecule has 0 aromatic carbocycles. The van der Waals surface area contributed by atoms with Crippen LogP contribution in [0.2, 0.25) is 0 Å². The molecule has 1 amide bonds. The zero-order valence-corrected chi connectivity index (χ0v) is 35.4. The first-order valence-corrected chi connectivity index (χ1v) is 21.2. The molecule has 2 saturated heterocycles. The Labute approximate surface area is 334 Å². The summed E-state index contributed by atoms with van der Waals surface area (Å²) in [4.78, 5) is 57.8. The minimum Gasteiger partial charge on any atom is -0.456 e. The normalized spacial score (nSPS) is 41.6. The lowest BCUT2D eigenvalue weighted by Gasteiger charge is -2.47. The van der Waals surface area contributed by atoms with E-state index >= 15 is 0 Å². The highest BCUT2D eigenvalue weighted by molar-refractivity contribution is 6.39. The van der Waals surface area contributed by atoms with Gasteiger partial charge in [-0.1, -0.05) is 58.8 Å². The minimum absolute atomic E-state index is 0.00980. The quantitative estimate of drug-likeness (QED) is 0.177. The maximum absolute atomic E-state index is 14.3. The number of hydrogen-bond donors (Lipinski definition) is 3. The summed E-state index contributed by atoms with van der Waals surface area (Å²) in [6.07, 6.45) is 5.96. The van der Waals surface area contributed by atoms with Gasteiger partial charge in [-0.2, -0.15) is 0 Å². The Morgan fingerprint density at radius 1 is 0.929 bits per heavy atom. The van der Waals surface area contributed by atoms with E-state index < -0.39 is 77.8 Å². The third-order valence-corrected chi connectivity index (χ3v) is 13.3. The van der Waals surface area contributed by atoms with Crippen LogP contribution in [0.1, 0.15) is 126 Å². The predicted octanol–water partition coefficient (Wildman–Crippen LogP) is 5.48. The molecule has 0 radical (unpaired) electrons. The van der Waals surface area contributed by atoms with Gasteiger partial charge in [-0.25, -0.2) is 4.79 Å². The number of hydrogen-bond acceptors (Lipinski definition) is 11. The van der Waals surface area contributed by atoms with Gasteiger partial charge in [0.2, 0.25) is 5.79 Å². The fraction of sp³-hybridized carbons (Fsp3) is 0.818. The Morgan fingerprint density at radius 2 is 1.62 bits per heavy atom. The van der Waals surface area contributed by atoms with E-state index in [1.807, 2.05) is 39.8 Å². The third kappa shape index (κ3) is 10.8. The highest BCUT2D eigenvalue weighted by Crippen LogP contribution is 2.41. The SMILES string of the molecule is CC[C@H]1C[C@@H](C)C/C(C)=C/[C@@H](CC)C(=O)C[C@H](O)[C@@H](C)[C@@H](/C(C)=C/[C@@H]2CC[C@@H](O)[C@H](OC)C2)OC(=O)C2CCCCN2C(=O)C(=O)[C@]2(O)O[C@H]1[C@@H](OC)C[C@H]2C. The van der Waals surface area contributed by atoms with Gasteiger partial charge in [-0.05, 0) is 101 Å². The van der Waals surface area contributed by atoms with Crippen LogP contribution < -0.4 is 0 Å². The number of ketones is 2. The molecule has 2 bridgehead atoms. The molecule has 0 aromatic heterocycles. The van der Waals surface area contributed by atoms with Crippen molar-refractivity contribution in [1.29, 1.82) is 0 Å². The summed E-state index contributed by atoms with van der Waals surface area (Å²) in [6, 6.07) is -1.11. The molecule has 0 aromatic rings. The van der Waals surface area contributed by atoms with E-state index in [4.69, 9.17) is 18.9 Å². The first-order chi connectivity index (χ1) is 26.5. The van der Waals surface area contributed by atoms with E-state index in [1.54, 1.807) is 28.1 Å². The number of Topliss-reactive ketones (excluding diaryl/α,β-unsaturated/α-hetero) is 2. The summed E-state index contributed by atoms with van der Waals surface area (Å²) in [7, 11) is 3.16. The van der Waals surface area contributed by atoms with Crippen molar-refractivity contribution in [3.63, 3.8) is 0 Å². The van der Waals surface area contributed by atoms with Gasteiger partial charge < -0.3 is 39.2 Å². The lowest BCUT2D eigenvalue weighted by molar-refractivity contribution is -0.296. The number of ether oxygens (including phenoxy) is 4. The van der Waals surface area contributed by atoms with Crippen molar-refractivity contribution in [1.82, 2.24) is 4.90 Å². The summed E-state index contributed by atoms with van der Waals surface area (Å²) < 4.78 is 24.0. The Bertz CT molecular complexity index is 1430. The second-order valence-electron chi connectivity index (χ2n) is 17.5.